The lowest BCUT2D eigenvalue weighted by molar-refractivity contribution is 0.0920. The number of rotatable bonds is 6. The van der Waals surface area contributed by atoms with Gasteiger partial charge in [0.15, 0.2) is 6.61 Å². The molecule has 0 N–H and O–H groups in total. The molecule has 25 heavy (non-hydrogen) atoms. The number of carbonyl (C=O) groups is 1. The minimum absolute atomic E-state index is 0.0665. The van der Waals surface area contributed by atoms with Crippen LogP contribution in [0, 0.1) is 13.8 Å². The molecule has 2 heterocycles. The first-order valence-corrected chi connectivity index (χ1v) is 8.51. The van der Waals surface area contributed by atoms with Gasteiger partial charge in [0.25, 0.3) is 0 Å². The standard InChI is InChI=1S/C19H17Cl2NO3/c1-12-8-16(13(2)22(12)10-15-4-3-7-24-15)19(23)11-25-14-5-6-17(20)18(21)9-14/h3-9H,10-11H2,1-2H3. The summed E-state index contributed by atoms with van der Waals surface area (Å²) in [6.07, 6.45) is 1.64. The van der Waals surface area contributed by atoms with Gasteiger partial charge in [0.05, 0.1) is 22.9 Å². The molecule has 0 radical (unpaired) electrons. The maximum Gasteiger partial charge on any atom is 0.202 e. The summed E-state index contributed by atoms with van der Waals surface area (Å²) in [5.41, 5.74) is 2.52. The van der Waals surface area contributed by atoms with Gasteiger partial charge in [0.1, 0.15) is 11.5 Å². The van der Waals surface area contributed by atoms with E-state index in [1.807, 2.05) is 36.6 Å². The van der Waals surface area contributed by atoms with E-state index in [4.69, 9.17) is 32.4 Å². The minimum Gasteiger partial charge on any atom is -0.485 e. The molecule has 2 aromatic heterocycles. The largest absolute Gasteiger partial charge is 0.485 e. The van der Waals surface area contributed by atoms with Gasteiger partial charge in [-0.15, -0.1) is 0 Å². The van der Waals surface area contributed by atoms with Gasteiger partial charge in [-0.25, -0.2) is 0 Å². The topological polar surface area (TPSA) is 44.4 Å². The lowest BCUT2D eigenvalue weighted by Crippen LogP contribution is -2.13. The first kappa shape index (κ1) is 17.6. The summed E-state index contributed by atoms with van der Waals surface area (Å²) in [6, 6.07) is 10.5. The highest BCUT2D eigenvalue weighted by Crippen LogP contribution is 2.26. The number of hydrogen-bond acceptors (Lipinski definition) is 3. The average Bonchev–Trinajstić information content (AvgIpc) is 3.19. The molecule has 0 amide bonds. The maximum atomic E-state index is 12.5. The Bertz CT molecular complexity index is 898. The fourth-order valence-corrected chi connectivity index (χ4v) is 2.97. The maximum absolute atomic E-state index is 12.5. The van der Waals surface area contributed by atoms with E-state index in [2.05, 4.69) is 0 Å². The summed E-state index contributed by atoms with van der Waals surface area (Å²) in [6.45, 7) is 4.41. The van der Waals surface area contributed by atoms with E-state index < -0.39 is 0 Å². The number of aryl methyl sites for hydroxylation is 1. The van der Waals surface area contributed by atoms with Crippen LogP contribution in [0.3, 0.4) is 0 Å². The second-order valence-corrected chi connectivity index (χ2v) is 6.55. The van der Waals surface area contributed by atoms with Crippen molar-refractivity contribution in [1.82, 2.24) is 4.57 Å². The van der Waals surface area contributed by atoms with Gasteiger partial charge in [-0.1, -0.05) is 23.2 Å². The van der Waals surface area contributed by atoms with Gasteiger partial charge in [0, 0.05) is 23.0 Å². The first-order valence-electron chi connectivity index (χ1n) is 7.76. The van der Waals surface area contributed by atoms with Gasteiger partial charge >= 0.3 is 0 Å². The van der Waals surface area contributed by atoms with Crippen LogP contribution in [0.5, 0.6) is 5.75 Å². The summed E-state index contributed by atoms with van der Waals surface area (Å²) in [4.78, 5) is 12.5. The molecule has 6 heteroatoms. The number of carbonyl (C=O) groups excluding carboxylic acids is 1. The van der Waals surface area contributed by atoms with Gasteiger partial charge in [-0.3, -0.25) is 4.79 Å². The second kappa shape index (κ2) is 7.38. The number of ketones is 1. The monoisotopic (exact) mass is 377 g/mol. The van der Waals surface area contributed by atoms with Crippen molar-refractivity contribution >= 4 is 29.0 Å². The summed E-state index contributed by atoms with van der Waals surface area (Å²) >= 11 is 11.8. The van der Waals surface area contributed by atoms with E-state index >= 15 is 0 Å². The lowest BCUT2D eigenvalue weighted by atomic mass is 10.1. The number of furan rings is 1. The molecule has 4 nitrogen and oxygen atoms in total. The van der Waals surface area contributed by atoms with Crippen molar-refractivity contribution in [2.24, 2.45) is 0 Å². The molecule has 0 saturated heterocycles. The quantitative estimate of drug-likeness (QED) is 0.546. The van der Waals surface area contributed by atoms with E-state index in [1.54, 1.807) is 24.5 Å². The van der Waals surface area contributed by atoms with Crippen LogP contribution in [-0.4, -0.2) is 17.0 Å². The third-order valence-electron chi connectivity index (χ3n) is 4.03. The number of Topliss-reactive ketones (excluding diaryl/α,β-unsaturated/α-hetero) is 1. The average molecular weight is 378 g/mol. The summed E-state index contributed by atoms with van der Waals surface area (Å²) < 4.78 is 13.0. The lowest BCUT2D eigenvalue weighted by Gasteiger charge is -2.09. The van der Waals surface area contributed by atoms with Gasteiger partial charge in [-0.2, -0.15) is 0 Å². The van der Waals surface area contributed by atoms with Crippen molar-refractivity contribution < 1.29 is 13.9 Å². The van der Waals surface area contributed by atoms with Crippen LogP contribution in [0.2, 0.25) is 10.0 Å². The highest BCUT2D eigenvalue weighted by molar-refractivity contribution is 6.42. The SMILES string of the molecule is Cc1cc(C(=O)COc2ccc(Cl)c(Cl)c2)c(C)n1Cc1ccco1. The molecule has 3 rings (SSSR count). The summed E-state index contributed by atoms with van der Waals surface area (Å²) in [5, 5.41) is 0.838. The Morgan fingerprint density at radius 1 is 1.16 bits per heavy atom. The van der Waals surface area contributed by atoms with Gasteiger partial charge in [-0.05, 0) is 44.2 Å². The number of nitrogens with zero attached hydrogens (tertiary/aromatic N) is 1. The van der Waals surface area contributed by atoms with E-state index in [0.29, 0.717) is 27.9 Å². The predicted octanol–water partition coefficient (Wildman–Crippen LogP) is 5.31. The molecule has 3 aromatic rings. The fraction of sp³-hybridized carbons (Fsp3) is 0.211. The highest BCUT2D eigenvalue weighted by Gasteiger charge is 2.17. The van der Waals surface area contributed by atoms with E-state index in [9.17, 15) is 4.79 Å². The smallest absolute Gasteiger partial charge is 0.202 e. The van der Waals surface area contributed by atoms with Crippen LogP contribution in [0.25, 0.3) is 0 Å². The molecular weight excluding hydrogens is 361 g/mol. The fourth-order valence-electron chi connectivity index (χ4n) is 2.68. The molecule has 0 aliphatic heterocycles. The predicted molar refractivity (Wildman–Crippen MR) is 98.0 cm³/mol. The van der Waals surface area contributed by atoms with Crippen molar-refractivity contribution in [2.45, 2.75) is 20.4 Å². The van der Waals surface area contributed by atoms with Crippen LogP contribution in [0.1, 0.15) is 27.5 Å². The van der Waals surface area contributed by atoms with Gasteiger partial charge < -0.3 is 13.7 Å². The Hall–Kier alpha value is -2.17. The number of benzene rings is 1. The van der Waals surface area contributed by atoms with Crippen molar-refractivity contribution in [1.29, 1.82) is 0 Å². The number of ether oxygens (including phenoxy) is 1. The molecule has 0 atom stereocenters. The third kappa shape index (κ3) is 3.91. The Morgan fingerprint density at radius 2 is 1.96 bits per heavy atom. The molecule has 0 aliphatic rings. The first-order chi connectivity index (χ1) is 12.0. The van der Waals surface area contributed by atoms with Crippen LogP contribution >= 0.6 is 23.2 Å². The highest BCUT2D eigenvalue weighted by atomic mass is 35.5. The van der Waals surface area contributed by atoms with E-state index in [-0.39, 0.29) is 12.4 Å². The summed E-state index contributed by atoms with van der Waals surface area (Å²) in [5.74, 6) is 1.25. The number of hydrogen-bond donors (Lipinski definition) is 0. The zero-order valence-electron chi connectivity index (χ0n) is 13.9. The van der Waals surface area contributed by atoms with E-state index in [0.717, 1.165) is 17.1 Å². The molecule has 130 valence electrons. The van der Waals surface area contributed by atoms with Crippen LogP contribution in [0.4, 0.5) is 0 Å². The molecular formula is C19H17Cl2NO3. The normalized spacial score (nSPS) is 10.9. The third-order valence-corrected chi connectivity index (χ3v) is 4.77. The van der Waals surface area contributed by atoms with Crippen molar-refractivity contribution in [2.75, 3.05) is 6.61 Å². The van der Waals surface area contributed by atoms with Crippen molar-refractivity contribution in [3.05, 3.63) is 75.4 Å². The molecule has 0 aliphatic carbocycles. The molecule has 0 bridgehead atoms. The van der Waals surface area contributed by atoms with Crippen molar-refractivity contribution in [3.63, 3.8) is 0 Å². The summed E-state index contributed by atoms with van der Waals surface area (Å²) in [7, 11) is 0. The Labute approximate surface area is 155 Å². The number of halogens is 2. The van der Waals surface area contributed by atoms with E-state index in [1.165, 1.54) is 0 Å². The van der Waals surface area contributed by atoms with Crippen LogP contribution in [-0.2, 0) is 6.54 Å². The Morgan fingerprint density at radius 3 is 2.64 bits per heavy atom. The van der Waals surface area contributed by atoms with Gasteiger partial charge in [0.2, 0.25) is 5.78 Å². The Kier molecular flexibility index (Phi) is 5.21. The molecule has 0 spiro atoms. The minimum atomic E-state index is -0.0927. The van der Waals surface area contributed by atoms with Crippen LogP contribution < -0.4 is 4.74 Å². The molecule has 1 aromatic carbocycles. The van der Waals surface area contributed by atoms with Crippen molar-refractivity contribution in [3.8, 4) is 5.75 Å². The second-order valence-electron chi connectivity index (χ2n) is 5.74. The van der Waals surface area contributed by atoms with Crippen LogP contribution in [0.15, 0.2) is 47.1 Å². The molecule has 0 unspecified atom stereocenters. The molecule has 0 fully saturated rings. The molecule has 0 saturated carbocycles. The number of aromatic nitrogens is 1. The Balaban J connectivity index is 1.72. The zero-order chi connectivity index (χ0) is 18.0. The zero-order valence-corrected chi connectivity index (χ0v) is 15.4.